The van der Waals surface area contributed by atoms with Crippen LogP contribution in [0.5, 0.6) is 0 Å². The minimum atomic E-state index is -3.56. The standard InChI is InChI=1S/C16H18FNO2S/c1-13-4-2-5-14(12-13)6-3-11-18-21(19,20)16-9-7-15(17)8-10-16/h2,4-5,7-10,12,18H,3,6,11H2,1H3. The fraction of sp³-hybridized carbons (Fsp3) is 0.250. The molecule has 0 saturated heterocycles. The third kappa shape index (κ3) is 4.65. The molecule has 0 spiro atoms. The van der Waals surface area contributed by atoms with Gasteiger partial charge in [-0.1, -0.05) is 29.8 Å². The van der Waals surface area contributed by atoms with Gasteiger partial charge in [-0.25, -0.2) is 17.5 Å². The van der Waals surface area contributed by atoms with Gasteiger partial charge >= 0.3 is 0 Å². The summed E-state index contributed by atoms with van der Waals surface area (Å²) < 4.78 is 39.3. The fourth-order valence-electron chi connectivity index (χ4n) is 2.06. The highest BCUT2D eigenvalue weighted by Crippen LogP contribution is 2.10. The molecule has 0 bridgehead atoms. The van der Waals surface area contributed by atoms with Gasteiger partial charge in [-0.05, 0) is 49.6 Å². The third-order valence-corrected chi connectivity index (χ3v) is 4.62. The monoisotopic (exact) mass is 307 g/mol. The molecule has 0 heterocycles. The molecule has 0 aromatic heterocycles. The van der Waals surface area contributed by atoms with Crippen LogP contribution < -0.4 is 4.72 Å². The molecule has 3 nitrogen and oxygen atoms in total. The van der Waals surface area contributed by atoms with Gasteiger partial charge in [0, 0.05) is 6.54 Å². The average Bonchev–Trinajstić information content (AvgIpc) is 2.44. The van der Waals surface area contributed by atoms with Gasteiger partial charge in [-0.3, -0.25) is 0 Å². The van der Waals surface area contributed by atoms with Crippen LogP contribution in [0.4, 0.5) is 4.39 Å². The van der Waals surface area contributed by atoms with Crippen molar-refractivity contribution in [2.24, 2.45) is 0 Å². The van der Waals surface area contributed by atoms with Crippen LogP contribution in [0.2, 0.25) is 0 Å². The van der Waals surface area contributed by atoms with Gasteiger partial charge in [0.25, 0.3) is 0 Å². The topological polar surface area (TPSA) is 46.2 Å². The van der Waals surface area contributed by atoms with Crippen molar-refractivity contribution in [3.63, 3.8) is 0 Å². The highest BCUT2D eigenvalue weighted by Gasteiger charge is 2.12. The Hall–Kier alpha value is -1.72. The quantitative estimate of drug-likeness (QED) is 0.834. The number of halogens is 1. The van der Waals surface area contributed by atoms with Crippen molar-refractivity contribution in [1.29, 1.82) is 0 Å². The van der Waals surface area contributed by atoms with Crippen LogP contribution in [0.1, 0.15) is 17.5 Å². The van der Waals surface area contributed by atoms with Crippen LogP contribution >= 0.6 is 0 Å². The molecule has 0 saturated carbocycles. The van der Waals surface area contributed by atoms with Crippen molar-refractivity contribution in [2.75, 3.05) is 6.54 Å². The number of nitrogens with one attached hydrogen (secondary N) is 1. The normalized spacial score (nSPS) is 11.5. The maximum Gasteiger partial charge on any atom is 0.240 e. The van der Waals surface area contributed by atoms with Gasteiger partial charge in [-0.2, -0.15) is 0 Å². The second kappa shape index (κ2) is 6.83. The van der Waals surface area contributed by atoms with Crippen molar-refractivity contribution >= 4 is 10.0 Å². The van der Waals surface area contributed by atoms with Crippen molar-refractivity contribution in [2.45, 2.75) is 24.7 Å². The van der Waals surface area contributed by atoms with E-state index >= 15 is 0 Å². The summed E-state index contributed by atoms with van der Waals surface area (Å²) in [5.41, 5.74) is 2.38. The van der Waals surface area contributed by atoms with Crippen LogP contribution in [0.3, 0.4) is 0 Å². The number of benzene rings is 2. The van der Waals surface area contributed by atoms with Gasteiger partial charge in [0.05, 0.1) is 4.90 Å². The molecule has 0 fully saturated rings. The number of aryl methyl sites for hydroxylation is 2. The Morgan fingerprint density at radius 3 is 2.48 bits per heavy atom. The van der Waals surface area contributed by atoms with Crippen molar-refractivity contribution < 1.29 is 12.8 Å². The maximum atomic E-state index is 12.8. The van der Waals surface area contributed by atoms with Crippen LogP contribution in [0.25, 0.3) is 0 Å². The number of hydrogen-bond donors (Lipinski definition) is 1. The first-order chi connectivity index (χ1) is 9.97. The van der Waals surface area contributed by atoms with E-state index in [1.54, 1.807) is 0 Å². The number of rotatable bonds is 6. The van der Waals surface area contributed by atoms with E-state index in [1.807, 2.05) is 25.1 Å². The summed E-state index contributed by atoms with van der Waals surface area (Å²) in [6.45, 7) is 2.38. The van der Waals surface area contributed by atoms with Crippen molar-refractivity contribution in [3.8, 4) is 0 Å². The third-order valence-electron chi connectivity index (χ3n) is 3.14. The summed E-state index contributed by atoms with van der Waals surface area (Å²) in [5.74, 6) is -0.451. The largest absolute Gasteiger partial charge is 0.240 e. The van der Waals surface area contributed by atoms with E-state index in [1.165, 1.54) is 23.3 Å². The second-order valence-electron chi connectivity index (χ2n) is 4.94. The molecule has 0 aliphatic carbocycles. The zero-order chi connectivity index (χ0) is 15.3. The van der Waals surface area contributed by atoms with Crippen molar-refractivity contribution in [1.82, 2.24) is 4.72 Å². The maximum absolute atomic E-state index is 12.8. The molecule has 21 heavy (non-hydrogen) atoms. The second-order valence-corrected chi connectivity index (χ2v) is 6.71. The van der Waals surface area contributed by atoms with E-state index in [4.69, 9.17) is 0 Å². The molecule has 5 heteroatoms. The Morgan fingerprint density at radius 1 is 1.10 bits per heavy atom. The zero-order valence-corrected chi connectivity index (χ0v) is 12.7. The Bertz CT molecular complexity index is 696. The minimum absolute atomic E-state index is 0.0828. The average molecular weight is 307 g/mol. The van der Waals surface area contributed by atoms with Gasteiger partial charge in [0.15, 0.2) is 0 Å². The highest BCUT2D eigenvalue weighted by atomic mass is 32.2. The highest BCUT2D eigenvalue weighted by molar-refractivity contribution is 7.89. The molecule has 0 aliphatic rings. The predicted molar refractivity (Wildman–Crippen MR) is 81.1 cm³/mol. The smallest absolute Gasteiger partial charge is 0.211 e. The zero-order valence-electron chi connectivity index (χ0n) is 11.8. The van der Waals surface area contributed by atoms with E-state index in [-0.39, 0.29) is 4.90 Å². The summed E-state index contributed by atoms with van der Waals surface area (Å²) in [5, 5.41) is 0. The molecule has 2 aromatic carbocycles. The lowest BCUT2D eigenvalue weighted by Crippen LogP contribution is -2.25. The number of sulfonamides is 1. The molecular formula is C16H18FNO2S. The molecule has 2 rings (SSSR count). The van der Waals surface area contributed by atoms with Crippen LogP contribution in [0.15, 0.2) is 53.4 Å². The Labute approximate surface area is 124 Å². The van der Waals surface area contributed by atoms with Gasteiger partial charge in [0.2, 0.25) is 10.0 Å². The Balaban J connectivity index is 1.86. The molecule has 0 radical (unpaired) electrons. The van der Waals surface area contributed by atoms with E-state index in [9.17, 15) is 12.8 Å². The first kappa shape index (κ1) is 15.7. The van der Waals surface area contributed by atoms with Crippen LogP contribution in [-0.4, -0.2) is 15.0 Å². The lowest BCUT2D eigenvalue weighted by molar-refractivity contribution is 0.578. The molecule has 0 aliphatic heterocycles. The summed E-state index contributed by atoms with van der Waals surface area (Å²) in [7, 11) is -3.56. The molecule has 0 unspecified atom stereocenters. The Morgan fingerprint density at radius 2 is 1.81 bits per heavy atom. The van der Waals surface area contributed by atoms with Gasteiger partial charge < -0.3 is 0 Å². The summed E-state index contributed by atoms with van der Waals surface area (Å²) >= 11 is 0. The SMILES string of the molecule is Cc1cccc(CCCNS(=O)(=O)c2ccc(F)cc2)c1. The van der Waals surface area contributed by atoms with E-state index in [2.05, 4.69) is 10.8 Å². The summed E-state index contributed by atoms with van der Waals surface area (Å²) in [6, 6.07) is 12.9. The van der Waals surface area contributed by atoms with E-state index in [0.717, 1.165) is 18.6 Å². The lowest BCUT2D eigenvalue weighted by Gasteiger charge is -2.07. The summed E-state index contributed by atoms with van der Waals surface area (Å²) in [6.07, 6.45) is 1.53. The molecule has 2 aromatic rings. The molecular weight excluding hydrogens is 289 g/mol. The summed E-state index contributed by atoms with van der Waals surface area (Å²) in [4.78, 5) is 0.0828. The van der Waals surface area contributed by atoms with E-state index in [0.29, 0.717) is 13.0 Å². The van der Waals surface area contributed by atoms with Crippen LogP contribution in [-0.2, 0) is 16.4 Å². The molecule has 112 valence electrons. The number of hydrogen-bond acceptors (Lipinski definition) is 2. The van der Waals surface area contributed by atoms with E-state index < -0.39 is 15.8 Å². The van der Waals surface area contributed by atoms with Gasteiger partial charge in [0.1, 0.15) is 5.82 Å². The first-order valence-electron chi connectivity index (χ1n) is 6.78. The molecule has 0 atom stereocenters. The van der Waals surface area contributed by atoms with Gasteiger partial charge in [-0.15, -0.1) is 0 Å². The predicted octanol–water partition coefficient (Wildman–Crippen LogP) is 3.05. The van der Waals surface area contributed by atoms with Crippen LogP contribution in [0, 0.1) is 12.7 Å². The minimum Gasteiger partial charge on any atom is -0.211 e. The first-order valence-corrected chi connectivity index (χ1v) is 8.26. The molecule has 1 N–H and O–H groups in total. The fourth-order valence-corrected chi connectivity index (χ4v) is 3.14. The lowest BCUT2D eigenvalue weighted by atomic mass is 10.1. The molecule has 0 amide bonds. The van der Waals surface area contributed by atoms with Crippen molar-refractivity contribution in [3.05, 3.63) is 65.5 Å². The Kier molecular flexibility index (Phi) is 5.09.